The van der Waals surface area contributed by atoms with E-state index in [0.717, 1.165) is 67.2 Å². The van der Waals surface area contributed by atoms with Gasteiger partial charge in [0, 0.05) is 41.7 Å². The summed E-state index contributed by atoms with van der Waals surface area (Å²) in [5, 5.41) is 4.31. The Bertz CT molecular complexity index is 1470. The zero-order valence-corrected chi connectivity index (χ0v) is 23.6. The van der Waals surface area contributed by atoms with Crippen molar-refractivity contribution in [2.45, 2.75) is 94.1 Å². The zero-order chi connectivity index (χ0) is 27.9. The lowest BCUT2D eigenvalue weighted by atomic mass is 9.41. The second-order valence-corrected chi connectivity index (χ2v) is 13.8. The highest BCUT2D eigenvalue weighted by Crippen LogP contribution is 2.71. The number of rotatable bonds is 9. The summed E-state index contributed by atoms with van der Waals surface area (Å²) in [5.74, 6) is 2.31. The van der Waals surface area contributed by atoms with Gasteiger partial charge in [0.15, 0.2) is 5.82 Å². The van der Waals surface area contributed by atoms with Gasteiger partial charge in [0.25, 0.3) is 0 Å². The predicted octanol–water partition coefficient (Wildman–Crippen LogP) is 6.32. The fourth-order valence-electron chi connectivity index (χ4n) is 8.34. The minimum Gasteiger partial charge on any atom is -0.467 e. The van der Waals surface area contributed by atoms with Gasteiger partial charge in [0.05, 0.1) is 12.8 Å². The number of nitrogens with zero attached hydrogens (tertiary/aromatic N) is 5. The fourth-order valence-corrected chi connectivity index (χ4v) is 8.34. The number of alkyl halides is 1. The van der Waals surface area contributed by atoms with Crippen LogP contribution in [0.15, 0.2) is 41.1 Å². The molecule has 7 fully saturated rings. The number of benzene rings is 1. The van der Waals surface area contributed by atoms with Crippen molar-refractivity contribution >= 4 is 11.6 Å². The summed E-state index contributed by atoms with van der Waals surface area (Å²) in [5.41, 5.74) is 1.38. The molecule has 0 radical (unpaired) electrons. The molecule has 0 unspecified atom stereocenters. The summed E-state index contributed by atoms with van der Waals surface area (Å²) in [6, 6.07) is 10.2. The second-order valence-electron chi connectivity index (χ2n) is 13.8. The fraction of sp³-hybridized carbons (Fsp3) is 0.594. The first-order valence-corrected chi connectivity index (χ1v) is 15.1. The molecule has 7 aliphatic carbocycles. The molecule has 1 amide bonds. The third-order valence-corrected chi connectivity index (χ3v) is 10.9. The van der Waals surface area contributed by atoms with Crippen molar-refractivity contribution in [2.24, 2.45) is 10.8 Å². The molecular formula is C32H36FN5O3. The van der Waals surface area contributed by atoms with E-state index in [9.17, 15) is 9.18 Å². The number of ether oxygens (including phenoxy) is 1. The minimum atomic E-state index is -1.01. The molecule has 2 aromatic heterocycles. The van der Waals surface area contributed by atoms with Crippen LogP contribution in [0.25, 0.3) is 11.3 Å². The largest absolute Gasteiger partial charge is 0.467 e. The summed E-state index contributed by atoms with van der Waals surface area (Å²) >= 11 is 0. The van der Waals surface area contributed by atoms with Crippen LogP contribution in [0.4, 0.5) is 10.1 Å². The Hall–Kier alpha value is -3.36. The van der Waals surface area contributed by atoms with Gasteiger partial charge in [-0.1, -0.05) is 17.3 Å². The maximum Gasteiger partial charge on any atom is 0.316 e. The highest BCUT2D eigenvalue weighted by Gasteiger charge is 2.69. The Morgan fingerprint density at radius 2 is 1.80 bits per heavy atom. The van der Waals surface area contributed by atoms with E-state index in [-0.39, 0.29) is 22.2 Å². The van der Waals surface area contributed by atoms with E-state index in [0.29, 0.717) is 44.2 Å². The molecular weight excluding hydrogens is 521 g/mol. The Balaban J connectivity index is 1.06. The van der Waals surface area contributed by atoms with Crippen molar-refractivity contribution < 1.29 is 18.4 Å². The van der Waals surface area contributed by atoms with Crippen LogP contribution in [0.1, 0.15) is 94.7 Å². The van der Waals surface area contributed by atoms with Crippen molar-refractivity contribution in [3.05, 3.63) is 48.2 Å². The Morgan fingerprint density at radius 1 is 1.05 bits per heavy atom. The molecule has 9 heteroatoms. The quantitative estimate of drug-likeness (QED) is 0.304. The number of aromatic nitrogens is 4. The second kappa shape index (κ2) is 8.82. The topological polar surface area (TPSA) is 94.2 Å². The summed E-state index contributed by atoms with van der Waals surface area (Å²) in [6.45, 7) is 0.673. The smallest absolute Gasteiger partial charge is 0.316 e. The highest BCUT2D eigenvalue weighted by molar-refractivity contribution is 5.95. The Morgan fingerprint density at radius 3 is 2.49 bits per heavy atom. The van der Waals surface area contributed by atoms with Gasteiger partial charge < -0.3 is 14.2 Å². The summed E-state index contributed by atoms with van der Waals surface area (Å²) in [4.78, 5) is 29.5. The maximum atomic E-state index is 14.3. The predicted molar refractivity (Wildman–Crippen MR) is 149 cm³/mol. The van der Waals surface area contributed by atoms with E-state index >= 15 is 0 Å². The van der Waals surface area contributed by atoms with Crippen LogP contribution in [0.2, 0.25) is 0 Å². The van der Waals surface area contributed by atoms with E-state index in [1.165, 1.54) is 12.8 Å². The Labute approximate surface area is 239 Å². The highest BCUT2D eigenvalue weighted by atomic mass is 19.1. The van der Waals surface area contributed by atoms with Gasteiger partial charge in [0.2, 0.25) is 11.8 Å². The minimum absolute atomic E-state index is 0.0238. The molecule has 8 nitrogen and oxygen atoms in total. The number of hydrogen-bond donors (Lipinski definition) is 0. The molecule has 3 aromatic rings. The van der Waals surface area contributed by atoms with E-state index in [2.05, 4.69) is 15.1 Å². The standard InChI is InChI=1S/C32H36FN5O3/c1-40-28-34-14-7-24(35-28)22-3-2-4-23(15-22)38(25(39)16-30-17-32(33,18-30)19-30)20-29-8-11-31(12-9-29,13-10-29)27-36-26(37-41-27)21-5-6-21/h2-4,7,14-15,21H,5-6,8-13,16-20H2,1H3. The van der Waals surface area contributed by atoms with Crippen molar-refractivity contribution in [1.29, 1.82) is 0 Å². The third kappa shape index (κ3) is 4.26. The number of fused-ring (bicyclic) bond motifs is 3. The molecule has 0 saturated heterocycles. The molecule has 7 aliphatic rings. The lowest BCUT2D eigenvalue weighted by Crippen LogP contribution is -2.65. The summed E-state index contributed by atoms with van der Waals surface area (Å²) < 4.78 is 25.4. The lowest BCUT2D eigenvalue weighted by molar-refractivity contribution is -0.215. The average molecular weight is 558 g/mol. The average Bonchev–Trinajstić information content (AvgIpc) is 3.71. The van der Waals surface area contributed by atoms with Gasteiger partial charge in [-0.05, 0) is 99.7 Å². The number of anilines is 1. The number of amides is 1. The molecule has 0 spiro atoms. The number of halogens is 1. The van der Waals surface area contributed by atoms with E-state index in [1.54, 1.807) is 13.3 Å². The van der Waals surface area contributed by atoms with Crippen LogP contribution >= 0.6 is 0 Å². The first-order chi connectivity index (χ1) is 19.8. The zero-order valence-electron chi connectivity index (χ0n) is 23.6. The number of hydrogen-bond acceptors (Lipinski definition) is 7. The molecule has 4 bridgehead atoms. The van der Waals surface area contributed by atoms with Crippen molar-refractivity contribution in [3.63, 3.8) is 0 Å². The van der Waals surface area contributed by atoms with E-state index in [1.807, 2.05) is 35.2 Å². The summed E-state index contributed by atoms with van der Waals surface area (Å²) in [7, 11) is 1.55. The summed E-state index contributed by atoms with van der Waals surface area (Å²) in [6.07, 6.45) is 12.1. The van der Waals surface area contributed by atoms with Gasteiger partial charge in [0.1, 0.15) is 5.67 Å². The molecule has 41 heavy (non-hydrogen) atoms. The first kappa shape index (κ1) is 25.4. The molecule has 0 atom stereocenters. The maximum absolute atomic E-state index is 14.3. The van der Waals surface area contributed by atoms with E-state index < -0.39 is 5.67 Å². The molecule has 1 aromatic carbocycles. The van der Waals surface area contributed by atoms with Crippen LogP contribution in [0.3, 0.4) is 0 Å². The molecule has 0 N–H and O–H groups in total. The van der Waals surface area contributed by atoms with Crippen LogP contribution in [-0.2, 0) is 10.2 Å². The van der Waals surface area contributed by atoms with Crippen molar-refractivity contribution in [3.8, 4) is 17.3 Å². The van der Waals surface area contributed by atoms with Crippen LogP contribution in [0.5, 0.6) is 6.01 Å². The molecule has 7 saturated carbocycles. The normalized spacial score (nSPS) is 33.1. The van der Waals surface area contributed by atoms with Crippen molar-refractivity contribution in [1.82, 2.24) is 20.1 Å². The Kier molecular flexibility index (Phi) is 5.46. The van der Waals surface area contributed by atoms with Gasteiger partial charge in [-0.2, -0.15) is 9.97 Å². The first-order valence-electron chi connectivity index (χ1n) is 15.1. The lowest BCUT2D eigenvalue weighted by Gasteiger charge is -2.66. The van der Waals surface area contributed by atoms with Crippen LogP contribution in [-0.4, -0.2) is 45.3 Å². The van der Waals surface area contributed by atoms with Gasteiger partial charge in [-0.3, -0.25) is 4.79 Å². The van der Waals surface area contributed by atoms with Crippen LogP contribution in [0, 0.1) is 10.8 Å². The third-order valence-electron chi connectivity index (χ3n) is 10.9. The van der Waals surface area contributed by atoms with Crippen LogP contribution < -0.4 is 9.64 Å². The van der Waals surface area contributed by atoms with Gasteiger partial charge in [-0.25, -0.2) is 9.37 Å². The molecule has 2 heterocycles. The van der Waals surface area contributed by atoms with Crippen molar-refractivity contribution in [2.75, 3.05) is 18.6 Å². The molecule has 214 valence electrons. The number of methoxy groups -OCH3 is 1. The molecule has 0 aliphatic heterocycles. The molecule has 10 rings (SSSR count). The number of carbonyl (C=O) groups is 1. The van der Waals surface area contributed by atoms with Gasteiger partial charge >= 0.3 is 6.01 Å². The SMILES string of the molecule is COc1nccc(-c2cccc(N(CC34CCC(c5nc(C6CC6)no5)(CC3)CC4)C(=O)CC34CC(F)(C3)C4)c2)n1. The number of carbonyl (C=O) groups excluding carboxylic acids is 1. The monoisotopic (exact) mass is 557 g/mol. The van der Waals surface area contributed by atoms with E-state index in [4.69, 9.17) is 14.2 Å². The van der Waals surface area contributed by atoms with Gasteiger partial charge in [-0.15, -0.1) is 0 Å².